The molecule has 4 nitrogen and oxygen atoms in total. The molecule has 1 fully saturated rings. The Labute approximate surface area is 117 Å². The molecule has 2 rings (SSSR count). The SMILES string of the molecule is CCC1CCC(C#N)(Cc2cc(F)ccc2[N+](=O)[O-])C1. The minimum absolute atomic E-state index is 0.0963. The predicted octanol–water partition coefficient (Wildman–Crippen LogP) is 4.00. The lowest BCUT2D eigenvalue weighted by Crippen LogP contribution is -2.19. The topological polar surface area (TPSA) is 66.9 Å². The molecular weight excluding hydrogens is 259 g/mol. The first kappa shape index (κ1) is 14.4. The monoisotopic (exact) mass is 276 g/mol. The van der Waals surface area contributed by atoms with Crippen LogP contribution in [0.2, 0.25) is 0 Å². The first-order valence-corrected chi connectivity index (χ1v) is 6.84. The summed E-state index contributed by atoms with van der Waals surface area (Å²) < 4.78 is 13.4. The van der Waals surface area contributed by atoms with Crippen LogP contribution in [-0.4, -0.2) is 4.92 Å². The third-order valence-corrected chi connectivity index (χ3v) is 4.29. The largest absolute Gasteiger partial charge is 0.272 e. The molecule has 2 unspecified atom stereocenters. The summed E-state index contributed by atoms with van der Waals surface area (Å²) in [6.07, 6.45) is 3.71. The van der Waals surface area contributed by atoms with Gasteiger partial charge in [-0.05, 0) is 43.7 Å². The molecule has 1 aliphatic carbocycles. The molecule has 0 radical (unpaired) electrons. The highest BCUT2D eigenvalue weighted by Crippen LogP contribution is 2.45. The van der Waals surface area contributed by atoms with Gasteiger partial charge in [0, 0.05) is 11.6 Å². The summed E-state index contributed by atoms with van der Waals surface area (Å²) >= 11 is 0. The Balaban J connectivity index is 2.31. The molecule has 0 amide bonds. The second-order valence-electron chi connectivity index (χ2n) is 5.62. The van der Waals surface area contributed by atoms with Crippen molar-refractivity contribution < 1.29 is 9.31 Å². The smallest absolute Gasteiger partial charge is 0.258 e. The maximum absolute atomic E-state index is 13.4. The summed E-state index contributed by atoms with van der Waals surface area (Å²) in [6.45, 7) is 2.09. The Morgan fingerprint density at radius 1 is 1.60 bits per heavy atom. The Hall–Kier alpha value is -1.96. The lowest BCUT2D eigenvalue weighted by Gasteiger charge is -2.20. The third kappa shape index (κ3) is 2.79. The molecule has 0 spiro atoms. The molecule has 0 bridgehead atoms. The number of benzene rings is 1. The molecular formula is C15H17FN2O2. The van der Waals surface area contributed by atoms with Gasteiger partial charge in [0.15, 0.2) is 0 Å². The van der Waals surface area contributed by atoms with Gasteiger partial charge in [0.05, 0.1) is 16.4 Å². The molecule has 0 aromatic heterocycles. The standard InChI is InChI=1S/C15H17FN2O2/c1-2-11-5-6-15(8-11,10-17)9-12-7-13(16)3-4-14(12)18(19)20/h3-4,7,11H,2,5-6,8-9H2,1H3. The number of rotatable bonds is 4. The third-order valence-electron chi connectivity index (χ3n) is 4.29. The van der Waals surface area contributed by atoms with Crippen molar-refractivity contribution in [3.63, 3.8) is 0 Å². The van der Waals surface area contributed by atoms with Crippen LogP contribution in [0.4, 0.5) is 10.1 Å². The van der Waals surface area contributed by atoms with Crippen LogP contribution in [0.15, 0.2) is 18.2 Å². The van der Waals surface area contributed by atoms with Crippen LogP contribution in [0.5, 0.6) is 0 Å². The van der Waals surface area contributed by atoms with E-state index in [2.05, 4.69) is 13.0 Å². The van der Waals surface area contributed by atoms with Crippen LogP contribution in [0.25, 0.3) is 0 Å². The van der Waals surface area contributed by atoms with Crippen LogP contribution >= 0.6 is 0 Å². The van der Waals surface area contributed by atoms with Crippen molar-refractivity contribution >= 4 is 5.69 Å². The fourth-order valence-electron chi connectivity index (χ4n) is 3.13. The van der Waals surface area contributed by atoms with Crippen LogP contribution in [0, 0.1) is 38.6 Å². The second kappa shape index (κ2) is 5.58. The molecule has 1 aliphatic rings. The van der Waals surface area contributed by atoms with E-state index in [4.69, 9.17) is 0 Å². The van der Waals surface area contributed by atoms with Gasteiger partial charge in [-0.2, -0.15) is 5.26 Å². The van der Waals surface area contributed by atoms with Gasteiger partial charge in [-0.15, -0.1) is 0 Å². The van der Waals surface area contributed by atoms with Crippen LogP contribution in [0.3, 0.4) is 0 Å². The predicted molar refractivity (Wildman–Crippen MR) is 72.4 cm³/mol. The first-order valence-electron chi connectivity index (χ1n) is 6.84. The summed E-state index contributed by atoms with van der Waals surface area (Å²) in [5.74, 6) is -0.00834. The fourth-order valence-corrected chi connectivity index (χ4v) is 3.13. The number of nitro groups is 1. The number of nitro benzene ring substituents is 1. The summed E-state index contributed by atoms with van der Waals surface area (Å²) in [5.41, 5.74) is -0.353. The zero-order valence-electron chi connectivity index (χ0n) is 11.4. The van der Waals surface area contributed by atoms with Gasteiger partial charge in [0.1, 0.15) is 5.82 Å². The summed E-state index contributed by atoms with van der Waals surface area (Å²) in [7, 11) is 0. The molecule has 0 saturated heterocycles. The van der Waals surface area contributed by atoms with Gasteiger partial charge >= 0.3 is 0 Å². The molecule has 0 aliphatic heterocycles. The quantitative estimate of drug-likeness (QED) is 0.616. The number of nitrogens with zero attached hydrogens (tertiary/aromatic N) is 2. The van der Waals surface area contributed by atoms with Gasteiger partial charge in [-0.25, -0.2) is 4.39 Å². The summed E-state index contributed by atoms with van der Waals surface area (Å²) in [4.78, 5) is 10.5. The van der Waals surface area contributed by atoms with E-state index in [9.17, 15) is 19.8 Å². The fraction of sp³-hybridized carbons (Fsp3) is 0.533. The maximum Gasteiger partial charge on any atom is 0.272 e. The van der Waals surface area contributed by atoms with E-state index >= 15 is 0 Å². The number of hydrogen-bond acceptors (Lipinski definition) is 3. The molecule has 20 heavy (non-hydrogen) atoms. The summed E-state index contributed by atoms with van der Waals surface area (Å²) in [6, 6.07) is 5.79. The van der Waals surface area contributed by atoms with Crippen LogP contribution < -0.4 is 0 Å². The number of halogens is 1. The summed E-state index contributed by atoms with van der Waals surface area (Å²) in [5, 5.41) is 20.5. The van der Waals surface area contributed by atoms with Crippen LogP contribution in [-0.2, 0) is 6.42 Å². The highest BCUT2D eigenvalue weighted by Gasteiger charge is 2.40. The van der Waals surface area contributed by atoms with Crippen molar-refractivity contribution in [2.75, 3.05) is 0 Å². The molecule has 5 heteroatoms. The number of hydrogen-bond donors (Lipinski definition) is 0. The Kier molecular flexibility index (Phi) is 4.03. The molecule has 2 atom stereocenters. The Morgan fingerprint density at radius 2 is 2.35 bits per heavy atom. The molecule has 0 N–H and O–H groups in total. The van der Waals surface area contributed by atoms with E-state index in [0.29, 0.717) is 11.5 Å². The van der Waals surface area contributed by atoms with Crippen molar-refractivity contribution in [2.24, 2.45) is 11.3 Å². The maximum atomic E-state index is 13.4. The van der Waals surface area contributed by atoms with Gasteiger partial charge < -0.3 is 0 Å². The molecule has 1 saturated carbocycles. The average Bonchev–Trinajstić information content (AvgIpc) is 2.82. The lowest BCUT2D eigenvalue weighted by atomic mass is 9.80. The van der Waals surface area contributed by atoms with Gasteiger partial charge in [0.2, 0.25) is 0 Å². The van der Waals surface area contributed by atoms with E-state index < -0.39 is 16.2 Å². The minimum atomic E-state index is -0.584. The normalized spacial score (nSPS) is 25.4. The zero-order valence-corrected chi connectivity index (χ0v) is 11.4. The Bertz CT molecular complexity index is 567. The average molecular weight is 276 g/mol. The van der Waals surface area contributed by atoms with Crippen molar-refractivity contribution in [1.29, 1.82) is 5.26 Å². The highest BCUT2D eigenvalue weighted by atomic mass is 19.1. The van der Waals surface area contributed by atoms with Crippen molar-refractivity contribution in [1.82, 2.24) is 0 Å². The van der Waals surface area contributed by atoms with Crippen molar-refractivity contribution in [3.8, 4) is 6.07 Å². The van der Waals surface area contributed by atoms with Crippen molar-refractivity contribution in [3.05, 3.63) is 39.7 Å². The Morgan fingerprint density at radius 3 is 2.90 bits per heavy atom. The second-order valence-corrected chi connectivity index (χ2v) is 5.62. The van der Waals surface area contributed by atoms with E-state index in [0.717, 1.165) is 31.7 Å². The van der Waals surface area contributed by atoms with E-state index in [1.165, 1.54) is 12.1 Å². The lowest BCUT2D eigenvalue weighted by molar-refractivity contribution is -0.385. The molecule has 1 aromatic rings. The van der Waals surface area contributed by atoms with Crippen LogP contribution in [0.1, 0.15) is 38.2 Å². The zero-order chi connectivity index (χ0) is 14.8. The van der Waals surface area contributed by atoms with Gasteiger partial charge in [-0.1, -0.05) is 13.3 Å². The first-order chi connectivity index (χ1) is 9.49. The van der Waals surface area contributed by atoms with E-state index in [1.54, 1.807) is 0 Å². The minimum Gasteiger partial charge on any atom is -0.258 e. The highest BCUT2D eigenvalue weighted by molar-refractivity contribution is 5.41. The van der Waals surface area contributed by atoms with Gasteiger partial charge in [-0.3, -0.25) is 10.1 Å². The van der Waals surface area contributed by atoms with Gasteiger partial charge in [0.25, 0.3) is 5.69 Å². The van der Waals surface area contributed by atoms with Crippen molar-refractivity contribution in [2.45, 2.75) is 39.0 Å². The molecule has 0 heterocycles. The number of nitriles is 1. The molecule has 1 aromatic carbocycles. The van der Waals surface area contributed by atoms with E-state index in [-0.39, 0.29) is 12.1 Å². The van der Waals surface area contributed by atoms with E-state index in [1.807, 2.05) is 0 Å². The molecule has 106 valence electrons.